The van der Waals surface area contributed by atoms with Crippen molar-refractivity contribution in [1.29, 1.82) is 0 Å². The third-order valence-electron chi connectivity index (χ3n) is 4.37. The summed E-state index contributed by atoms with van der Waals surface area (Å²) in [7, 11) is 0. The first-order chi connectivity index (χ1) is 9.43. The van der Waals surface area contributed by atoms with Gasteiger partial charge in [0, 0.05) is 28.2 Å². The van der Waals surface area contributed by atoms with Gasteiger partial charge in [-0.1, -0.05) is 18.2 Å². The Morgan fingerprint density at radius 3 is 3.00 bits per heavy atom. The zero-order valence-electron chi connectivity index (χ0n) is 10.5. The molecule has 0 unspecified atom stereocenters. The van der Waals surface area contributed by atoms with Gasteiger partial charge in [-0.3, -0.25) is 0 Å². The highest BCUT2D eigenvalue weighted by molar-refractivity contribution is 6.20. The Balaban J connectivity index is 2.21. The molecule has 5 rings (SSSR count). The molecule has 2 nitrogen and oxygen atoms in total. The summed E-state index contributed by atoms with van der Waals surface area (Å²) >= 11 is 0. The number of aryl methyl sites for hydroxylation is 2. The van der Waals surface area contributed by atoms with Crippen molar-refractivity contribution in [2.75, 3.05) is 0 Å². The molecule has 0 fully saturated rings. The van der Waals surface area contributed by atoms with E-state index in [1.807, 2.05) is 0 Å². The molecule has 0 atom stereocenters. The summed E-state index contributed by atoms with van der Waals surface area (Å²) in [6.45, 7) is 1.13. The summed E-state index contributed by atoms with van der Waals surface area (Å²) in [6.07, 6.45) is 4.17. The summed E-state index contributed by atoms with van der Waals surface area (Å²) in [4.78, 5) is 0. The minimum Gasteiger partial charge on any atom is -0.464 e. The van der Waals surface area contributed by atoms with E-state index in [1.165, 1.54) is 39.2 Å². The van der Waals surface area contributed by atoms with Crippen molar-refractivity contribution in [1.82, 2.24) is 4.57 Å². The fraction of sp³-hybridized carbons (Fsp3) is 0.176. The normalized spacial score (nSPS) is 14.7. The molecule has 0 saturated carbocycles. The number of rotatable bonds is 0. The van der Waals surface area contributed by atoms with E-state index < -0.39 is 0 Å². The summed E-state index contributed by atoms with van der Waals surface area (Å²) in [5, 5.41) is 3.97. The van der Waals surface area contributed by atoms with Gasteiger partial charge in [-0.2, -0.15) is 0 Å². The first kappa shape index (κ1) is 9.68. The third-order valence-corrected chi connectivity index (χ3v) is 4.37. The lowest BCUT2D eigenvalue weighted by atomic mass is 10.0. The Hall–Kier alpha value is -2.22. The van der Waals surface area contributed by atoms with E-state index in [1.54, 1.807) is 6.26 Å². The van der Waals surface area contributed by atoms with E-state index in [9.17, 15) is 0 Å². The van der Waals surface area contributed by atoms with Crippen LogP contribution in [0.4, 0.5) is 0 Å². The number of furan rings is 1. The lowest BCUT2D eigenvalue weighted by Crippen LogP contribution is -2.06. The van der Waals surface area contributed by atoms with E-state index in [0.717, 1.165) is 18.5 Å². The monoisotopic (exact) mass is 247 g/mol. The number of aromatic nitrogens is 1. The van der Waals surface area contributed by atoms with Crippen molar-refractivity contribution < 1.29 is 4.42 Å². The van der Waals surface area contributed by atoms with Crippen LogP contribution in [0, 0.1) is 0 Å². The van der Waals surface area contributed by atoms with Crippen LogP contribution < -0.4 is 0 Å². The van der Waals surface area contributed by atoms with Crippen LogP contribution in [0.15, 0.2) is 47.1 Å². The maximum absolute atomic E-state index is 5.64. The molecule has 0 radical (unpaired) electrons. The summed E-state index contributed by atoms with van der Waals surface area (Å²) < 4.78 is 8.12. The second kappa shape index (κ2) is 3.21. The molecule has 0 aliphatic carbocycles. The summed E-state index contributed by atoms with van der Waals surface area (Å²) in [5.41, 5.74) is 5.22. The maximum atomic E-state index is 5.64. The average molecular weight is 247 g/mol. The van der Waals surface area contributed by atoms with Crippen LogP contribution in [0.3, 0.4) is 0 Å². The highest BCUT2D eigenvalue weighted by atomic mass is 16.3. The van der Waals surface area contributed by atoms with Crippen molar-refractivity contribution in [3.63, 3.8) is 0 Å². The van der Waals surface area contributed by atoms with Crippen molar-refractivity contribution >= 4 is 32.8 Å². The van der Waals surface area contributed by atoms with E-state index in [-0.39, 0.29) is 0 Å². The Kier molecular flexibility index (Phi) is 1.63. The zero-order valence-corrected chi connectivity index (χ0v) is 10.5. The molecule has 4 aromatic rings. The first-order valence-electron chi connectivity index (χ1n) is 6.83. The molecular weight excluding hydrogens is 234 g/mol. The van der Waals surface area contributed by atoms with Crippen molar-refractivity contribution in [2.45, 2.75) is 19.4 Å². The fourth-order valence-corrected chi connectivity index (χ4v) is 3.63. The molecule has 0 bridgehead atoms. The van der Waals surface area contributed by atoms with Crippen LogP contribution in [-0.4, -0.2) is 4.57 Å². The largest absolute Gasteiger partial charge is 0.464 e. The molecule has 0 saturated heterocycles. The van der Waals surface area contributed by atoms with Gasteiger partial charge in [0.05, 0.1) is 11.8 Å². The van der Waals surface area contributed by atoms with Gasteiger partial charge in [-0.15, -0.1) is 0 Å². The van der Waals surface area contributed by atoms with E-state index in [2.05, 4.69) is 41.0 Å². The van der Waals surface area contributed by atoms with Gasteiger partial charge in [0.15, 0.2) is 0 Å². The highest BCUT2D eigenvalue weighted by Crippen LogP contribution is 2.39. The summed E-state index contributed by atoms with van der Waals surface area (Å²) in [5.74, 6) is 0. The minimum atomic E-state index is 1.02. The van der Waals surface area contributed by atoms with Crippen molar-refractivity contribution in [2.24, 2.45) is 0 Å². The minimum absolute atomic E-state index is 1.02. The molecular formula is C17H13NO. The third kappa shape index (κ3) is 1.08. The predicted molar refractivity (Wildman–Crippen MR) is 77.5 cm³/mol. The van der Waals surface area contributed by atoms with Gasteiger partial charge in [0.25, 0.3) is 0 Å². The van der Waals surface area contributed by atoms with Gasteiger partial charge < -0.3 is 8.98 Å². The second-order valence-electron chi connectivity index (χ2n) is 5.36. The van der Waals surface area contributed by atoms with Gasteiger partial charge in [0.2, 0.25) is 0 Å². The molecule has 19 heavy (non-hydrogen) atoms. The van der Waals surface area contributed by atoms with Crippen molar-refractivity contribution in [3.05, 3.63) is 48.2 Å². The fourth-order valence-electron chi connectivity index (χ4n) is 3.63. The van der Waals surface area contributed by atoms with Crippen LogP contribution in [0.25, 0.3) is 32.8 Å². The van der Waals surface area contributed by atoms with Gasteiger partial charge in [-0.25, -0.2) is 0 Å². The van der Waals surface area contributed by atoms with E-state index in [4.69, 9.17) is 4.42 Å². The number of hydrogen-bond acceptors (Lipinski definition) is 1. The molecule has 2 heteroatoms. The van der Waals surface area contributed by atoms with Crippen LogP contribution in [-0.2, 0) is 13.0 Å². The Morgan fingerprint density at radius 1 is 1.05 bits per heavy atom. The smallest absolute Gasteiger partial charge is 0.134 e. The molecule has 0 spiro atoms. The van der Waals surface area contributed by atoms with Crippen LogP contribution in [0.2, 0.25) is 0 Å². The Labute approximate surface area is 110 Å². The van der Waals surface area contributed by atoms with E-state index in [0.29, 0.717) is 0 Å². The van der Waals surface area contributed by atoms with Gasteiger partial charge in [0.1, 0.15) is 5.58 Å². The molecule has 1 aliphatic heterocycles. The number of hydrogen-bond donors (Lipinski definition) is 0. The molecule has 92 valence electrons. The molecule has 2 aromatic carbocycles. The summed E-state index contributed by atoms with van der Waals surface area (Å²) in [6, 6.07) is 13.0. The SMILES string of the molecule is c1ccc2c(c1)c1c3ccoc3cc3c1n2CCC3. The quantitative estimate of drug-likeness (QED) is 0.448. The van der Waals surface area contributed by atoms with Gasteiger partial charge >= 0.3 is 0 Å². The molecule has 1 aliphatic rings. The number of nitrogens with zero attached hydrogens (tertiary/aromatic N) is 1. The average Bonchev–Trinajstić information content (AvgIpc) is 3.03. The first-order valence-corrected chi connectivity index (χ1v) is 6.83. The topological polar surface area (TPSA) is 18.1 Å². The predicted octanol–water partition coefficient (Wildman–Crippen LogP) is 4.49. The van der Waals surface area contributed by atoms with Crippen LogP contribution in [0.5, 0.6) is 0 Å². The molecule has 0 amide bonds. The van der Waals surface area contributed by atoms with Crippen LogP contribution in [0.1, 0.15) is 12.0 Å². The number of benzene rings is 2. The van der Waals surface area contributed by atoms with Gasteiger partial charge in [-0.05, 0) is 36.6 Å². The standard InChI is InChI=1S/C17H13NO/c1-2-6-14-12(5-1)16-13-7-9-19-15(13)10-11-4-3-8-18(14)17(11)16/h1-2,5-7,9-10H,3-4,8H2. The number of fused-ring (bicyclic) bond motifs is 5. The number of para-hydroxylation sites is 1. The molecule has 0 N–H and O–H groups in total. The Bertz CT molecular complexity index is 942. The van der Waals surface area contributed by atoms with Crippen LogP contribution >= 0.6 is 0 Å². The Morgan fingerprint density at radius 2 is 2.00 bits per heavy atom. The lowest BCUT2D eigenvalue weighted by Gasteiger charge is -2.16. The maximum Gasteiger partial charge on any atom is 0.134 e. The zero-order chi connectivity index (χ0) is 12.4. The molecule has 3 heterocycles. The lowest BCUT2D eigenvalue weighted by molar-refractivity contribution is 0.613. The highest BCUT2D eigenvalue weighted by Gasteiger charge is 2.20. The van der Waals surface area contributed by atoms with Crippen molar-refractivity contribution in [3.8, 4) is 0 Å². The second-order valence-corrected chi connectivity index (χ2v) is 5.36. The van der Waals surface area contributed by atoms with E-state index >= 15 is 0 Å². The molecule has 2 aromatic heterocycles.